The quantitative estimate of drug-likeness (QED) is 0.911. The number of rotatable bonds is 3. The fraction of sp³-hybridized carbons (Fsp3) is 0.545. The number of amides is 1. The van der Waals surface area contributed by atoms with Crippen LogP contribution < -0.4 is 5.32 Å². The molecule has 5 nitrogen and oxygen atoms in total. The van der Waals surface area contributed by atoms with E-state index in [-0.39, 0.29) is 30.3 Å². The van der Waals surface area contributed by atoms with Crippen LogP contribution in [0, 0.1) is 0 Å². The van der Waals surface area contributed by atoms with E-state index in [1.165, 1.54) is 17.0 Å². The van der Waals surface area contributed by atoms with E-state index in [2.05, 4.69) is 15.5 Å². The van der Waals surface area contributed by atoms with Crippen molar-refractivity contribution in [2.75, 3.05) is 19.4 Å². The molecule has 1 heterocycles. The number of hydrogen-bond donors (Lipinski definition) is 1. The minimum atomic E-state index is -4.31. The average Bonchev–Trinajstić information content (AvgIpc) is 3.09. The summed E-state index contributed by atoms with van der Waals surface area (Å²) >= 11 is 0. The van der Waals surface area contributed by atoms with E-state index in [0.29, 0.717) is 0 Å². The maximum Gasteiger partial charge on any atom is 0.411 e. The van der Waals surface area contributed by atoms with Gasteiger partial charge in [0, 0.05) is 14.1 Å². The van der Waals surface area contributed by atoms with Crippen molar-refractivity contribution < 1.29 is 18.0 Å². The topological polar surface area (TPSA) is 58.1 Å². The molecule has 0 saturated heterocycles. The lowest BCUT2D eigenvalue weighted by molar-refractivity contribution is -0.151. The zero-order valence-corrected chi connectivity index (χ0v) is 10.5. The summed E-state index contributed by atoms with van der Waals surface area (Å²) < 4.78 is 38.2. The second-order valence-corrected chi connectivity index (χ2v) is 4.71. The Kier molecular flexibility index (Phi) is 3.11. The molecule has 0 spiro atoms. The number of carbonyl (C=O) groups excluding carboxylic acids is 1. The highest BCUT2D eigenvalue weighted by Gasteiger charge is 2.63. The van der Waals surface area contributed by atoms with Crippen molar-refractivity contribution >= 4 is 11.7 Å². The van der Waals surface area contributed by atoms with Gasteiger partial charge >= 0.3 is 6.18 Å². The summed E-state index contributed by atoms with van der Waals surface area (Å²) in [4.78, 5) is 12.9. The third-order valence-electron chi connectivity index (χ3n) is 2.95. The lowest BCUT2D eigenvalue weighted by atomic mass is 10.2. The molecule has 0 atom stereocenters. The fourth-order valence-electron chi connectivity index (χ4n) is 1.59. The van der Waals surface area contributed by atoms with Crippen LogP contribution in [-0.2, 0) is 0 Å². The van der Waals surface area contributed by atoms with Gasteiger partial charge in [-0.1, -0.05) is 0 Å². The molecule has 0 unspecified atom stereocenters. The largest absolute Gasteiger partial charge is 0.411 e. The molecule has 8 heteroatoms. The van der Waals surface area contributed by atoms with Crippen LogP contribution in [0.25, 0.3) is 0 Å². The van der Waals surface area contributed by atoms with Gasteiger partial charge in [-0.15, -0.1) is 10.2 Å². The first-order valence-corrected chi connectivity index (χ1v) is 5.65. The van der Waals surface area contributed by atoms with Crippen LogP contribution in [0.2, 0.25) is 0 Å². The van der Waals surface area contributed by atoms with Crippen LogP contribution in [0.15, 0.2) is 12.1 Å². The summed E-state index contributed by atoms with van der Waals surface area (Å²) in [5.74, 6) is -0.332. The molecule has 1 amide bonds. The Hall–Kier alpha value is -1.86. The lowest BCUT2D eigenvalue weighted by Crippen LogP contribution is -2.39. The maximum atomic E-state index is 12.7. The van der Waals surface area contributed by atoms with E-state index in [4.69, 9.17) is 0 Å². The van der Waals surface area contributed by atoms with Crippen molar-refractivity contribution in [3.8, 4) is 0 Å². The van der Waals surface area contributed by atoms with E-state index < -0.39 is 11.7 Å². The van der Waals surface area contributed by atoms with E-state index in [9.17, 15) is 18.0 Å². The van der Waals surface area contributed by atoms with Gasteiger partial charge in [0.2, 0.25) is 0 Å². The number of aromatic nitrogens is 2. The Morgan fingerprint density at radius 2 is 1.95 bits per heavy atom. The molecule has 1 aromatic heterocycles. The van der Waals surface area contributed by atoms with Crippen LogP contribution in [0.3, 0.4) is 0 Å². The van der Waals surface area contributed by atoms with Crippen LogP contribution in [0.1, 0.15) is 23.3 Å². The van der Waals surface area contributed by atoms with Gasteiger partial charge in [0.1, 0.15) is 11.4 Å². The second kappa shape index (κ2) is 4.36. The van der Waals surface area contributed by atoms with Crippen molar-refractivity contribution in [2.24, 2.45) is 0 Å². The average molecular weight is 274 g/mol. The Morgan fingerprint density at radius 3 is 2.32 bits per heavy atom. The van der Waals surface area contributed by atoms with E-state index in [1.54, 1.807) is 14.1 Å². The number of anilines is 1. The predicted octanol–water partition coefficient (Wildman–Crippen LogP) is 1.69. The summed E-state index contributed by atoms with van der Waals surface area (Å²) in [5.41, 5.74) is -1.79. The SMILES string of the molecule is CN(C)C(=O)c1ccc(NC2(C(F)(F)F)CC2)nn1. The van der Waals surface area contributed by atoms with Crippen molar-refractivity contribution in [1.82, 2.24) is 15.1 Å². The molecule has 0 aromatic carbocycles. The third-order valence-corrected chi connectivity index (χ3v) is 2.95. The van der Waals surface area contributed by atoms with Gasteiger partial charge in [-0.25, -0.2) is 0 Å². The zero-order chi connectivity index (χ0) is 14.3. The highest BCUT2D eigenvalue weighted by molar-refractivity contribution is 5.91. The summed E-state index contributed by atoms with van der Waals surface area (Å²) in [6, 6.07) is 2.68. The first kappa shape index (κ1) is 13.6. The van der Waals surface area contributed by atoms with Crippen LogP contribution in [0.5, 0.6) is 0 Å². The number of carbonyl (C=O) groups is 1. The van der Waals surface area contributed by atoms with Crippen molar-refractivity contribution in [3.05, 3.63) is 17.8 Å². The zero-order valence-electron chi connectivity index (χ0n) is 10.5. The summed E-state index contributed by atoms with van der Waals surface area (Å²) in [6.07, 6.45) is -4.26. The van der Waals surface area contributed by atoms with Gasteiger partial charge in [-0.3, -0.25) is 4.79 Å². The maximum absolute atomic E-state index is 12.7. The lowest BCUT2D eigenvalue weighted by Gasteiger charge is -2.20. The molecule has 1 aromatic rings. The first-order chi connectivity index (χ1) is 8.75. The standard InChI is InChI=1S/C11H13F3N4O/c1-18(2)9(19)7-3-4-8(17-16-7)15-10(5-6-10)11(12,13)14/h3-4H,5-6H2,1-2H3,(H,15,17). The number of hydrogen-bond acceptors (Lipinski definition) is 4. The van der Waals surface area contributed by atoms with Crippen molar-refractivity contribution in [3.63, 3.8) is 0 Å². The smallest absolute Gasteiger partial charge is 0.355 e. The Balaban J connectivity index is 2.10. The monoisotopic (exact) mass is 274 g/mol. The minimum absolute atomic E-state index is 0.0186. The van der Waals surface area contributed by atoms with Crippen LogP contribution >= 0.6 is 0 Å². The number of nitrogens with zero attached hydrogens (tertiary/aromatic N) is 3. The molecule has 1 saturated carbocycles. The fourth-order valence-corrected chi connectivity index (χ4v) is 1.59. The summed E-state index contributed by atoms with van der Waals surface area (Å²) in [7, 11) is 3.11. The first-order valence-electron chi connectivity index (χ1n) is 5.65. The number of alkyl halides is 3. The molecular formula is C11H13F3N4O. The van der Waals surface area contributed by atoms with Crippen molar-refractivity contribution in [2.45, 2.75) is 24.6 Å². The van der Waals surface area contributed by atoms with Gasteiger partial charge in [-0.05, 0) is 25.0 Å². The van der Waals surface area contributed by atoms with E-state index >= 15 is 0 Å². The van der Waals surface area contributed by atoms with Gasteiger partial charge in [0.15, 0.2) is 5.69 Å². The van der Waals surface area contributed by atoms with E-state index in [0.717, 1.165) is 0 Å². The van der Waals surface area contributed by atoms with Gasteiger partial charge in [-0.2, -0.15) is 13.2 Å². The summed E-state index contributed by atoms with van der Waals surface area (Å²) in [5, 5.41) is 9.58. The molecular weight excluding hydrogens is 261 g/mol. The van der Waals surface area contributed by atoms with Crippen molar-refractivity contribution in [1.29, 1.82) is 0 Å². The number of nitrogens with one attached hydrogen (secondary N) is 1. The molecule has 1 fully saturated rings. The molecule has 0 aliphatic heterocycles. The molecule has 1 N–H and O–H groups in total. The molecule has 0 bridgehead atoms. The molecule has 1 aliphatic rings. The molecule has 19 heavy (non-hydrogen) atoms. The number of halogens is 3. The molecule has 2 rings (SSSR count). The predicted molar refractivity (Wildman–Crippen MR) is 61.7 cm³/mol. The van der Waals surface area contributed by atoms with Crippen LogP contribution in [-0.4, -0.2) is 46.8 Å². The Morgan fingerprint density at radius 1 is 1.32 bits per heavy atom. The Labute approximate surface area is 107 Å². The van der Waals surface area contributed by atoms with E-state index in [1.807, 2.05) is 0 Å². The summed E-state index contributed by atoms with van der Waals surface area (Å²) in [6.45, 7) is 0. The third kappa shape index (κ3) is 2.61. The molecule has 0 radical (unpaired) electrons. The second-order valence-electron chi connectivity index (χ2n) is 4.71. The Bertz CT molecular complexity index is 480. The van der Waals surface area contributed by atoms with Crippen LogP contribution in [0.4, 0.5) is 19.0 Å². The van der Waals surface area contributed by atoms with Gasteiger partial charge in [0.25, 0.3) is 5.91 Å². The molecule has 104 valence electrons. The van der Waals surface area contributed by atoms with Gasteiger partial charge < -0.3 is 10.2 Å². The van der Waals surface area contributed by atoms with Gasteiger partial charge in [0.05, 0.1) is 0 Å². The highest BCUT2D eigenvalue weighted by Crippen LogP contribution is 2.50. The minimum Gasteiger partial charge on any atom is -0.355 e. The normalized spacial score (nSPS) is 16.9. The highest BCUT2D eigenvalue weighted by atomic mass is 19.4. The molecule has 1 aliphatic carbocycles.